The van der Waals surface area contributed by atoms with Gasteiger partial charge in [-0.05, 0) is 42.0 Å². The fraction of sp³-hybridized carbons (Fsp3) is 0.0500. The molecule has 0 aliphatic rings. The van der Waals surface area contributed by atoms with Crippen molar-refractivity contribution in [3.8, 4) is 5.75 Å². The van der Waals surface area contributed by atoms with Gasteiger partial charge in [-0.2, -0.15) is 0 Å². The van der Waals surface area contributed by atoms with Crippen molar-refractivity contribution >= 4 is 41.3 Å². The third-order valence-corrected chi connectivity index (χ3v) is 3.70. The number of carbonyl (C=O) groups excluding carboxylic acids is 1. The quantitative estimate of drug-likeness (QED) is 0.629. The lowest BCUT2D eigenvalue weighted by Crippen LogP contribution is -2.34. The van der Waals surface area contributed by atoms with E-state index in [9.17, 15) is 4.79 Å². The van der Waals surface area contributed by atoms with Crippen LogP contribution in [0.25, 0.3) is 0 Å². The summed E-state index contributed by atoms with van der Waals surface area (Å²) < 4.78 is 5.79. The molecule has 0 aliphatic heterocycles. The third kappa shape index (κ3) is 6.36. The van der Waals surface area contributed by atoms with Gasteiger partial charge in [-0.15, -0.1) is 12.4 Å². The maximum absolute atomic E-state index is 12.1. The molecule has 3 aromatic rings. The summed E-state index contributed by atoms with van der Waals surface area (Å²) in [5.74, 6) is 0.396. The molecule has 0 bridgehead atoms. The Morgan fingerprint density at radius 3 is 2.59 bits per heavy atom. The number of pyridine rings is 1. The Morgan fingerprint density at radius 1 is 1.04 bits per heavy atom. The molecule has 0 saturated carbocycles. The molecule has 2 aromatic carbocycles. The summed E-state index contributed by atoms with van der Waals surface area (Å²) in [5.41, 5.74) is 2.26. The molecule has 138 valence electrons. The van der Waals surface area contributed by atoms with Gasteiger partial charge in [0.05, 0.1) is 5.56 Å². The van der Waals surface area contributed by atoms with Crippen LogP contribution < -0.4 is 15.4 Å². The van der Waals surface area contributed by atoms with E-state index in [0.717, 1.165) is 11.3 Å². The second-order valence-electron chi connectivity index (χ2n) is 5.45. The van der Waals surface area contributed by atoms with Gasteiger partial charge in [0.1, 0.15) is 12.4 Å². The first-order chi connectivity index (χ1) is 12.7. The van der Waals surface area contributed by atoms with Crippen LogP contribution in [0, 0.1) is 0 Å². The predicted octanol–water partition coefficient (Wildman–Crippen LogP) is 4.21. The maximum atomic E-state index is 12.1. The van der Waals surface area contributed by atoms with Crippen LogP contribution in [0.3, 0.4) is 0 Å². The highest BCUT2D eigenvalue weighted by Crippen LogP contribution is 2.18. The molecule has 1 amide bonds. The van der Waals surface area contributed by atoms with Crippen molar-refractivity contribution in [2.75, 3.05) is 5.32 Å². The van der Waals surface area contributed by atoms with Gasteiger partial charge >= 0.3 is 0 Å². The lowest BCUT2D eigenvalue weighted by Gasteiger charge is -2.11. The summed E-state index contributed by atoms with van der Waals surface area (Å²) in [4.78, 5) is 16.0. The molecule has 3 rings (SSSR count). The molecule has 1 heterocycles. The highest BCUT2D eigenvalue weighted by Gasteiger charge is 2.08. The lowest BCUT2D eigenvalue weighted by atomic mass is 10.2. The summed E-state index contributed by atoms with van der Waals surface area (Å²) in [6.45, 7) is 0.479. The van der Waals surface area contributed by atoms with Crippen molar-refractivity contribution in [3.63, 3.8) is 0 Å². The molecule has 0 saturated heterocycles. The number of aromatic nitrogens is 1. The molecule has 1 aromatic heterocycles. The second kappa shape index (κ2) is 10.3. The van der Waals surface area contributed by atoms with E-state index in [1.165, 1.54) is 6.20 Å². The number of benzene rings is 2. The Bertz CT molecular complexity index is 892. The number of hydrogen-bond donors (Lipinski definition) is 2. The maximum Gasteiger partial charge on any atom is 0.258 e. The smallest absolute Gasteiger partial charge is 0.258 e. The molecule has 7 heteroatoms. The SMILES string of the molecule is Cl.O=C(NC(=S)Nc1cccc(OCc2ccccc2)c1)c1cccnc1. The number of hydrogen-bond acceptors (Lipinski definition) is 4. The van der Waals surface area contributed by atoms with Gasteiger partial charge in [-0.25, -0.2) is 0 Å². The number of ether oxygens (including phenoxy) is 1. The van der Waals surface area contributed by atoms with Crippen LogP contribution in [-0.2, 0) is 6.61 Å². The minimum atomic E-state index is -0.313. The van der Waals surface area contributed by atoms with Gasteiger partial charge in [-0.1, -0.05) is 36.4 Å². The lowest BCUT2D eigenvalue weighted by molar-refractivity contribution is 0.0977. The molecule has 0 spiro atoms. The van der Waals surface area contributed by atoms with Crippen molar-refractivity contribution in [1.29, 1.82) is 0 Å². The van der Waals surface area contributed by atoms with Gasteiger partial charge < -0.3 is 10.1 Å². The van der Waals surface area contributed by atoms with E-state index in [4.69, 9.17) is 17.0 Å². The third-order valence-electron chi connectivity index (χ3n) is 3.49. The molecule has 2 N–H and O–H groups in total. The van der Waals surface area contributed by atoms with Crippen LogP contribution in [0.15, 0.2) is 79.1 Å². The molecule has 0 unspecified atom stereocenters. The molecule has 0 radical (unpaired) electrons. The average Bonchev–Trinajstić information content (AvgIpc) is 2.68. The minimum Gasteiger partial charge on any atom is -0.489 e. The average molecular weight is 400 g/mol. The van der Waals surface area contributed by atoms with E-state index in [-0.39, 0.29) is 23.4 Å². The van der Waals surface area contributed by atoms with Crippen LogP contribution in [0.1, 0.15) is 15.9 Å². The first kappa shape index (κ1) is 20.4. The number of carbonyl (C=O) groups is 1. The monoisotopic (exact) mass is 399 g/mol. The highest BCUT2D eigenvalue weighted by molar-refractivity contribution is 7.80. The van der Waals surface area contributed by atoms with Gasteiger partial charge in [0.15, 0.2) is 5.11 Å². The Balaban J connectivity index is 0.00000261. The zero-order valence-corrected chi connectivity index (χ0v) is 15.9. The largest absolute Gasteiger partial charge is 0.489 e. The van der Waals surface area contributed by atoms with E-state index in [0.29, 0.717) is 17.9 Å². The summed E-state index contributed by atoms with van der Waals surface area (Å²) in [5, 5.41) is 5.81. The summed E-state index contributed by atoms with van der Waals surface area (Å²) in [6.07, 6.45) is 3.09. The van der Waals surface area contributed by atoms with Gasteiger partial charge in [-0.3, -0.25) is 15.1 Å². The van der Waals surface area contributed by atoms with Crippen LogP contribution >= 0.6 is 24.6 Å². The molecular formula is C20H18ClN3O2S. The van der Waals surface area contributed by atoms with Crippen LogP contribution in [0.2, 0.25) is 0 Å². The van der Waals surface area contributed by atoms with Crippen molar-refractivity contribution in [1.82, 2.24) is 10.3 Å². The zero-order chi connectivity index (χ0) is 18.2. The van der Waals surface area contributed by atoms with E-state index in [1.54, 1.807) is 18.3 Å². The Kier molecular flexibility index (Phi) is 7.73. The minimum absolute atomic E-state index is 0. The fourth-order valence-electron chi connectivity index (χ4n) is 2.24. The molecule has 0 fully saturated rings. The highest BCUT2D eigenvalue weighted by atomic mass is 35.5. The van der Waals surface area contributed by atoms with Crippen LogP contribution in [0.4, 0.5) is 5.69 Å². The molecular weight excluding hydrogens is 382 g/mol. The van der Waals surface area contributed by atoms with Crippen molar-refractivity contribution in [2.45, 2.75) is 6.61 Å². The first-order valence-electron chi connectivity index (χ1n) is 8.00. The van der Waals surface area contributed by atoms with E-state index < -0.39 is 0 Å². The van der Waals surface area contributed by atoms with Crippen LogP contribution in [-0.4, -0.2) is 16.0 Å². The number of thiocarbonyl (C=S) groups is 1. The number of amides is 1. The number of nitrogens with zero attached hydrogens (tertiary/aromatic N) is 1. The number of nitrogens with one attached hydrogen (secondary N) is 2. The van der Waals surface area contributed by atoms with Crippen LogP contribution in [0.5, 0.6) is 5.75 Å². The zero-order valence-electron chi connectivity index (χ0n) is 14.3. The van der Waals surface area contributed by atoms with E-state index >= 15 is 0 Å². The summed E-state index contributed by atoms with van der Waals surface area (Å²) in [6, 6.07) is 20.7. The van der Waals surface area contributed by atoms with E-state index in [2.05, 4.69) is 15.6 Å². The molecule has 5 nitrogen and oxygen atoms in total. The van der Waals surface area contributed by atoms with Gasteiger partial charge in [0.25, 0.3) is 5.91 Å². The van der Waals surface area contributed by atoms with E-state index in [1.807, 2.05) is 54.6 Å². The number of halogens is 1. The second-order valence-corrected chi connectivity index (χ2v) is 5.86. The fourth-order valence-corrected chi connectivity index (χ4v) is 2.45. The molecule has 0 atom stereocenters. The first-order valence-corrected chi connectivity index (χ1v) is 8.41. The van der Waals surface area contributed by atoms with Crippen molar-refractivity contribution in [2.24, 2.45) is 0 Å². The topological polar surface area (TPSA) is 63.2 Å². The molecule has 0 aliphatic carbocycles. The number of anilines is 1. The Hall–Kier alpha value is -2.96. The normalized spacial score (nSPS) is 9.63. The van der Waals surface area contributed by atoms with Crippen molar-refractivity contribution in [3.05, 3.63) is 90.3 Å². The number of rotatable bonds is 5. The summed E-state index contributed by atoms with van der Waals surface area (Å²) in [7, 11) is 0. The Morgan fingerprint density at radius 2 is 1.85 bits per heavy atom. The summed E-state index contributed by atoms with van der Waals surface area (Å²) >= 11 is 5.19. The standard InChI is InChI=1S/C20H17N3O2S.ClH/c24-19(16-8-5-11-21-13-16)23-20(26)22-17-9-4-10-18(12-17)25-14-15-6-2-1-3-7-15;/h1-13H,14H2,(H2,22,23,24,26);1H. The van der Waals surface area contributed by atoms with Gasteiger partial charge in [0, 0.05) is 24.1 Å². The molecule has 27 heavy (non-hydrogen) atoms. The predicted molar refractivity (Wildman–Crippen MR) is 112 cm³/mol. The van der Waals surface area contributed by atoms with Crippen molar-refractivity contribution < 1.29 is 9.53 Å². The van der Waals surface area contributed by atoms with Gasteiger partial charge in [0.2, 0.25) is 0 Å². The Labute approximate surface area is 169 Å².